The Morgan fingerprint density at radius 1 is 1.28 bits per heavy atom. The van der Waals surface area contributed by atoms with Gasteiger partial charge in [0.15, 0.2) is 0 Å². The number of isocyanates is 1. The average molecular weight is 258 g/mol. The second-order valence-corrected chi connectivity index (χ2v) is 5.52. The summed E-state index contributed by atoms with van der Waals surface area (Å²) in [4.78, 5) is 18.7. The number of nitrogens with zero attached hydrogens (tertiary/aromatic N) is 2. The van der Waals surface area contributed by atoms with E-state index in [0.717, 1.165) is 16.3 Å². The van der Waals surface area contributed by atoms with E-state index in [0.29, 0.717) is 0 Å². The van der Waals surface area contributed by atoms with Gasteiger partial charge < -0.3 is 0 Å². The van der Waals surface area contributed by atoms with Crippen molar-refractivity contribution < 1.29 is 4.79 Å². The molecule has 1 heterocycles. The lowest BCUT2D eigenvalue weighted by atomic mass is 10.0. The van der Waals surface area contributed by atoms with Crippen LogP contribution in [0.3, 0.4) is 0 Å². The lowest BCUT2D eigenvalue weighted by Crippen LogP contribution is -2.13. The van der Waals surface area contributed by atoms with Crippen LogP contribution in [0.5, 0.6) is 0 Å². The van der Waals surface area contributed by atoms with Crippen LogP contribution in [-0.2, 0) is 10.3 Å². The number of aryl methyl sites for hydroxylation is 1. The molecular formula is C14H14N2OS. The zero-order chi connectivity index (χ0) is 13.2. The van der Waals surface area contributed by atoms with Crippen LogP contribution in [0.1, 0.15) is 25.1 Å². The fraction of sp³-hybridized carbons (Fsp3) is 0.286. The molecule has 0 amide bonds. The van der Waals surface area contributed by atoms with Crippen molar-refractivity contribution in [2.45, 2.75) is 26.3 Å². The van der Waals surface area contributed by atoms with Crippen molar-refractivity contribution in [1.29, 1.82) is 0 Å². The van der Waals surface area contributed by atoms with Crippen LogP contribution in [0, 0.1) is 6.92 Å². The smallest absolute Gasteiger partial charge is 0.235 e. The maximum atomic E-state index is 10.4. The molecule has 1 aromatic heterocycles. The third-order valence-corrected chi connectivity index (χ3v) is 3.65. The first-order valence-electron chi connectivity index (χ1n) is 5.65. The van der Waals surface area contributed by atoms with E-state index in [-0.39, 0.29) is 0 Å². The molecule has 1 aromatic carbocycles. The minimum Gasteiger partial charge on any atom is -0.239 e. The van der Waals surface area contributed by atoms with Crippen LogP contribution >= 0.6 is 11.3 Å². The van der Waals surface area contributed by atoms with E-state index in [9.17, 15) is 4.79 Å². The lowest BCUT2D eigenvalue weighted by molar-refractivity contribution is 0.515. The predicted octanol–water partition coefficient (Wildman–Crippen LogP) is 3.69. The molecule has 0 saturated heterocycles. The molecule has 18 heavy (non-hydrogen) atoms. The Labute approximate surface area is 110 Å². The van der Waals surface area contributed by atoms with E-state index in [1.165, 1.54) is 5.56 Å². The quantitative estimate of drug-likeness (QED) is 0.622. The molecule has 0 unspecified atom stereocenters. The topological polar surface area (TPSA) is 42.3 Å². The molecule has 2 aromatic rings. The number of hydrogen-bond donors (Lipinski definition) is 0. The van der Waals surface area contributed by atoms with Crippen LogP contribution in [0.4, 0.5) is 0 Å². The summed E-state index contributed by atoms with van der Waals surface area (Å²) < 4.78 is 0. The van der Waals surface area contributed by atoms with Crippen LogP contribution in [0.15, 0.2) is 34.6 Å². The fourth-order valence-corrected chi connectivity index (χ4v) is 2.54. The largest absolute Gasteiger partial charge is 0.239 e. The highest BCUT2D eigenvalue weighted by molar-refractivity contribution is 7.13. The van der Waals surface area contributed by atoms with Crippen LogP contribution in [0.2, 0.25) is 0 Å². The Bertz CT molecular complexity index is 593. The van der Waals surface area contributed by atoms with Crippen LogP contribution in [-0.4, -0.2) is 11.1 Å². The molecule has 4 heteroatoms. The molecule has 0 saturated carbocycles. The Kier molecular flexibility index (Phi) is 3.41. The van der Waals surface area contributed by atoms with Gasteiger partial charge in [0, 0.05) is 10.9 Å². The van der Waals surface area contributed by atoms with Gasteiger partial charge in [0.05, 0.1) is 5.69 Å². The number of rotatable bonds is 3. The summed E-state index contributed by atoms with van der Waals surface area (Å²) >= 11 is 1.56. The maximum Gasteiger partial charge on any atom is 0.235 e. The molecule has 92 valence electrons. The Balaban J connectivity index is 2.36. The zero-order valence-electron chi connectivity index (χ0n) is 10.6. The number of benzene rings is 1. The van der Waals surface area contributed by atoms with E-state index in [2.05, 4.69) is 29.0 Å². The first kappa shape index (κ1) is 12.7. The SMILES string of the molecule is Cc1ccc(-c2nc(C(C)(C)N=C=O)cs2)cc1. The molecule has 0 fully saturated rings. The van der Waals surface area contributed by atoms with E-state index < -0.39 is 5.54 Å². The Morgan fingerprint density at radius 3 is 2.56 bits per heavy atom. The molecule has 0 atom stereocenters. The van der Waals surface area contributed by atoms with Crippen molar-refractivity contribution in [1.82, 2.24) is 4.98 Å². The Morgan fingerprint density at radius 2 is 1.94 bits per heavy atom. The molecule has 0 N–H and O–H groups in total. The minimum atomic E-state index is -0.610. The average Bonchev–Trinajstić information content (AvgIpc) is 2.80. The van der Waals surface area contributed by atoms with E-state index in [1.807, 2.05) is 31.4 Å². The number of aromatic nitrogens is 1. The number of aliphatic imine (C=N–C) groups is 1. The highest BCUT2D eigenvalue weighted by Gasteiger charge is 2.23. The molecule has 2 rings (SSSR count). The summed E-state index contributed by atoms with van der Waals surface area (Å²) in [7, 11) is 0. The standard InChI is InChI=1S/C14H14N2OS/c1-10-4-6-11(7-5-10)13-16-12(8-18-13)14(2,3)15-9-17/h4-8H,1-3H3. The summed E-state index contributed by atoms with van der Waals surface area (Å²) in [5.41, 5.74) is 2.50. The predicted molar refractivity (Wildman–Crippen MR) is 73.4 cm³/mol. The third kappa shape index (κ3) is 2.55. The molecule has 3 nitrogen and oxygen atoms in total. The second-order valence-electron chi connectivity index (χ2n) is 4.67. The van der Waals surface area contributed by atoms with E-state index >= 15 is 0 Å². The van der Waals surface area contributed by atoms with Gasteiger partial charge >= 0.3 is 0 Å². The van der Waals surface area contributed by atoms with Gasteiger partial charge in [0.2, 0.25) is 6.08 Å². The summed E-state index contributed by atoms with van der Waals surface area (Å²) in [6.07, 6.45) is 1.60. The molecule has 0 aliphatic heterocycles. The molecule has 0 radical (unpaired) electrons. The highest BCUT2D eigenvalue weighted by atomic mass is 32.1. The van der Waals surface area contributed by atoms with Gasteiger partial charge in [0.25, 0.3) is 0 Å². The summed E-state index contributed by atoms with van der Waals surface area (Å²) in [5.74, 6) is 0. The minimum absolute atomic E-state index is 0.610. The first-order valence-corrected chi connectivity index (χ1v) is 6.53. The van der Waals surface area contributed by atoms with Crippen LogP contribution < -0.4 is 0 Å². The number of hydrogen-bond acceptors (Lipinski definition) is 4. The molecular weight excluding hydrogens is 244 g/mol. The third-order valence-electron chi connectivity index (χ3n) is 2.75. The number of thiazole rings is 1. The molecule has 0 bridgehead atoms. The zero-order valence-corrected chi connectivity index (χ0v) is 11.4. The first-order chi connectivity index (χ1) is 8.53. The van der Waals surface area contributed by atoms with Gasteiger partial charge in [-0.15, -0.1) is 11.3 Å². The second kappa shape index (κ2) is 4.84. The monoisotopic (exact) mass is 258 g/mol. The lowest BCUT2D eigenvalue weighted by Gasteiger charge is -2.13. The molecule has 0 spiro atoms. The fourth-order valence-electron chi connectivity index (χ4n) is 1.55. The van der Waals surface area contributed by atoms with Gasteiger partial charge in [-0.3, -0.25) is 0 Å². The normalized spacial score (nSPS) is 11.1. The molecule has 0 aliphatic carbocycles. The van der Waals surface area contributed by atoms with E-state index in [1.54, 1.807) is 17.4 Å². The van der Waals surface area contributed by atoms with Crippen molar-refractivity contribution >= 4 is 17.4 Å². The molecule has 0 aliphatic rings. The van der Waals surface area contributed by atoms with Crippen molar-refractivity contribution in [3.8, 4) is 10.6 Å². The number of carbonyl (C=O) groups excluding carboxylic acids is 1. The van der Waals surface area contributed by atoms with Crippen molar-refractivity contribution in [2.24, 2.45) is 4.99 Å². The van der Waals surface area contributed by atoms with Gasteiger partial charge in [-0.1, -0.05) is 29.8 Å². The van der Waals surface area contributed by atoms with Crippen molar-refractivity contribution in [3.63, 3.8) is 0 Å². The van der Waals surface area contributed by atoms with Crippen LogP contribution in [0.25, 0.3) is 10.6 Å². The van der Waals surface area contributed by atoms with Crippen molar-refractivity contribution in [3.05, 3.63) is 40.9 Å². The summed E-state index contributed by atoms with van der Waals surface area (Å²) in [6.45, 7) is 5.76. The van der Waals surface area contributed by atoms with Gasteiger partial charge in [0.1, 0.15) is 10.5 Å². The highest BCUT2D eigenvalue weighted by Crippen LogP contribution is 2.30. The van der Waals surface area contributed by atoms with E-state index in [4.69, 9.17) is 0 Å². The van der Waals surface area contributed by atoms with Gasteiger partial charge in [-0.05, 0) is 20.8 Å². The van der Waals surface area contributed by atoms with Crippen molar-refractivity contribution in [2.75, 3.05) is 0 Å². The Hall–Kier alpha value is -1.77. The van der Waals surface area contributed by atoms with Gasteiger partial charge in [-0.25, -0.2) is 9.78 Å². The maximum absolute atomic E-state index is 10.4. The summed E-state index contributed by atoms with van der Waals surface area (Å²) in [6, 6.07) is 8.22. The summed E-state index contributed by atoms with van der Waals surface area (Å²) in [5, 5.41) is 2.88. The van der Waals surface area contributed by atoms with Gasteiger partial charge in [-0.2, -0.15) is 4.99 Å².